The van der Waals surface area contributed by atoms with Crippen LogP contribution in [0.2, 0.25) is 0 Å². The van der Waals surface area contributed by atoms with Gasteiger partial charge < -0.3 is 10.2 Å². The van der Waals surface area contributed by atoms with Crippen LogP contribution in [0.15, 0.2) is 0 Å². The number of hydrogen-bond donors (Lipinski definition) is 2. The summed E-state index contributed by atoms with van der Waals surface area (Å²) in [4.78, 5) is 0. The van der Waals surface area contributed by atoms with Crippen LogP contribution in [0.4, 0.5) is 0 Å². The van der Waals surface area contributed by atoms with Crippen molar-refractivity contribution in [3.8, 4) is 0 Å². The van der Waals surface area contributed by atoms with Crippen LogP contribution in [0.3, 0.4) is 0 Å². The Morgan fingerprint density at radius 3 is 2.32 bits per heavy atom. The fraction of sp³-hybridized carbons (Fsp3) is 1.00. The first-order chi connectivity index (χ1) is 10.4. The van der Waals surface area contributed by atoms with Gasteiger partial charge in [-0.25, -0.2) is 0 Å². The Balaban J connectivity index is 1.62. The summed E-state index contributed by atoms with van der Waals surface area (Å²) in [7, 11) is 0. The van der Waals surface area contributed by atoms with Gasteiger partial charge in [-0.05, 0) is 92.3 Å². The van der Waals surface area contributed by atoms with Crippen molar-refractivity contribution in [1.29, 1.82) is 0 Å². The van der Waals surface area contributed by atoms with E-state index in [1.54, 1.807) is 0 Å². The lowest BCUT2D eigenvalue weighted by Crippen LogP contribution is -2.57. The Kier molecular flexibility index (Phi) is 3.66. The summed E-state index contributed by atoms with van der Waals surface area (Å²) in [5.74, 6) is 3.18. The lowest BCUT2D eigenvalue weighted by Gasteiger charge is -2.63. The fourth-order valence-corrected chi connectivity index (χ4v) is 7.40. The average Bonchev–Trinajstić information content (AvgIpc) is 2.49. The molecule has 4 fully saturated rings. The molecule has 2 heteroatoms. The van der Waals surface area contributed by atoms with E-state index in [-0.39, 0.29) is 17.6 Å². The van der Waals surface area contributed by atoms with Crippen molar-refractivity contribution >= 4 is 0 Å². The van der Waals surface area contributed by atoms with Crippen LogP contribution in [0.1, 0.15) is 78.1 Å². The third-order valence-electron chi connectivity index (χ3n) is 8.83. The molecule has 4 aliphatic rings. The van der Waals surface area contributed by atoms with Gasteiger partial charge in [0.25, 0.3) is 0 Å². The predicted molar refractivity (Wildman–Crippen MR) is 88.4 cm³/mol. The second-order valence-corrected chi connectivity index (χ2v) is 9.58. The molecule has 0 aromatic rings. The number of aliphatic hydroxyl groups is 2. The Bertz CT molecular complexity index is 435. The number of hydrogen-bond acceptors (Lipinski definition) is 2. The van der Waals surface area contributed by atoms with E-state index in [4.69, 9.17) is 0 Å². The van der Waals surface area contributed by atoms with Crippen molar-refractivity contribution in [2.24, 2.45) is 34.5 Å². The maximum absolute atomic E-state index is 10.7. The summed E-state index contributed by atoms with van der Waals surface area (Å²) in [5.41, 5.74) is 0.655. The third kappa shape index (κ3) is 2.05. The lowest BCUT2D eigenvalue weighted by atomic mass is 9.43. The third-order valence-corrected chi connectivity index (χ3v) is 8.83. The standard InChI is InChI=1S/C20H34O2/c1-19-10-8-14(21)12-13(19)6-7-15-16-4-3-5-18(22)20(16,2)11-9-17(15)19/h13-18,21-22H,3-12H2,1-2H3/t13-,14-,15-,16+,17-,18+,19+,20+/m1/s1. The zero-order valence-electron chi connectivity index (χ0n) is 14.4. The van der Waals surface area contributed by atoms with Gasteiger partial charge in [-0.2, -0.15) is 0 Å². The van der Waals surface area contributed by atoms with Crippen LogP contribution < -0.4 is 0 Å². The molecule has 22 heavy (non-hydrogen) atoms. The number of aliphatic hydroxyl groups excluding tert-OH is 2. The van der Waals surface area contributed by atoms with Gasteiger partial charge in [0, 0.05) is 0 Å². The summed E-state index contributed by atoms with van der Waals surface area (Å²) >= 11 is 0. The molecule has 0 radical (unpaired) electrons. The molecule has 0 unspecified atom stereocenters. The van der Waals surface area contributed by atoms with E-state index in [1.165, 1.54) is 44.9 Å². The molecule has 4 saturated carbocycles. The van der Waals surface area contributed by atoms with E-state index in [0.29, 0.717) is 5.41 Å². The van der Waals surface area contributed by atoms with Crippen molar-refractivity contribution < 1.29 is 10.2 Å². The topological polar surface area (TPSA) is 40.5 Å². The van der Waals surface area contributed by atoms with Gasteiger partial charge in [-0.15, -0.1) is 0 Å². The van der Waals surface area contributed by atoms with E-state index < -0.39 is 0 Å². The Morgan fingerprint density at radius 2 is 1.50 bits per heavy atom. The second kappa shape index (κ2) is 5.21. The minimum Gasteiger partial charge on any atom is -0.393 e. The fourth-order valence-electron chi connectivity index (χ4n) is 7.40. The van der Waals surface area contributed by atoms with E-state index in [1.807, 2.05) is 0 Å². The zero-order valence-corrected chi connectivity index (χ0v) is 14.4. The van der Waals surface area contributed by atoms with Gasteiger partial charge in [-0.3, -0.25) is 0 Å². The Morgan fingerprint density at radius 1 is 0.773 bits per heavy atom. The van der Waals surface area contributed by atoms with Crippen molar-refractivity contribution in [3.05, 3.63) is 0 Å². The molecule has 0 saturated heterocycles. The molecule has 126 valence electrons. The first kappa shape index (κ1) is 15.4. The predicted octanol–water partition coefficient (Wildman–Crippen LogP) is 4.14. The molecule has 2 N–H and O–H groups in total. The first-order valence-corrected chi connectivity index (χ1v) is 9.81. The first-order valence-electron chi connectivity index (χ1n) is 9.81. The van der Waals surface area contributed by atoms with Gasteiger partial charge >= 0.3 is 0 Å². The van der Waals surface area contributed by atoms with Gasteiger partial charge in [0.15, 0.2) is 0 Å². The lowest BCUT2D eigenvalue weighted by molar-refractivity contribution is -0.165. The van der Waals surface area contributed by atoms with Crippen LogP contribution >= 0.6 is 0 Å². The highest BCUT2D eigenvalue weighted by Crippen LogP contribution is 2.65. The van der Waals surface area contributed by atoms with Crippen molar-refractivity contribution in [1.82, 2.24) is 0 Å². The molecule has 0 spiro atoms. The van der Waals surface area contributed by atoms with Gasteiger partial charge in [0.05, 0.1) is 12.2 Å². The van der Waals surface area contributed by atoms with Crippen LogP contribution in [0.5, 0.6) is 0 Å². The smallest absolute Gasteiger partial charge is 0.0596 e. The molecular formula is C20H34O2. The summed E-state index contributed by atoms with van der Waals surface area (Å²) in [6, 6.07) is 0. The van der Waals surface area contributed by atoms with Gasteiger partial charge in [0.2, 0.25) is 0 Å². The summed E-state index contributed by atoms with van der Waals surface area (Å²) in [6.45, 7) is 4.93. The summed E-state index contributed by atoms with van der Waals surface area (Å²) in [5, 5.41) is 20.7. The van der Waals surface area contributed by atoms with Crippen molar-refractivity contribution in [2.75, 3.05) is 0 Å². The van der Waals surface area contributed by atoms with Gasteiger partial charge in [-0.1, -0.05) is 20.3 Å². The number of fused-ring (bicyclic) bond motifs is 5. The molecule has 0 amide bonds. The molecule has 0 aromatic heterocycles. The largest absolute Gasteiger partial charge is 0.393 e. The molecule has 2 nitrogen and oxygen atoms in total. The molecule has 4 rings (SSSR count). The molecule has 8 atom stereocenters. The molecular weight excluding hydrogens is 272 g/mol. The monoisotopic (exact) mass is 306 g/mol. The SMILES string of the molecule is C[C@]12CC[C@@H](O)C[C@H]1CC[C@H]1[C@H]2CC[C@]2(C)[C@@H](O)CCC[C@@H]12. The average molecular weight is 306 g/mol. The van der Waals surface area contributed by atoms with E-state index in [2.05, 4.69) is 13.8 Å². The second-order valence-electron chi connectivity index (χ2n) is 9.58. The van der Waals surface area contributed by atoms with Crippen LogP contribution in [-0.4, -0.2) is 22.4 Å². The Labute approximate surface area is 135 Å². The maximum atomic E-state index is 10.7. The quantitative estimate of drug-likeness (QED) is 0.706. The minimum absolute atomic E-state index is 0.0417. The maximum Gasteiger partial charge on any atom is 0.0596 e. The van der Waals surface area contributed by atoms with Gasteiger partial charge in [0.1, 0.15) is 0 Å². The van der Waals surface area contributed by atoms with E-state index >= 15 is 0 Å². The summed E-state index contributed by atoms with van der Waals surface area (Å²) in [6.07, 6.45) is 12.0. The molecule has 0 heterocycles. The highest BCUT2D eigenvalue weighted by molar-refractivity contribution is 5.08. The van der Waals surface area contributed by atoms with Crippen molar-refractivity contribution in [2.45, 2.75) is 90.3 Å². The molecule has 0 aliphatic heterocycles. The van der Waals surface area contributed by atoms with Crippen LogP contribution in [0, 0.1) is 34.5 Å². The highest BCUT2D eigenvalue weighted by Gasteiger charge is 2.58. The Hall–Kier alpha value is -0.0800. The molecule has 4 aliphatic carbocycles. The zero-order chi connectivity index (χ0) is 15.5. The van der Waals surface area contributed by atoms with Crippen molar-refractivity contribution in [3.63, 3.8) is 0 Å². The number of rotatable bonds is 0. The molecule has 0 bridgehead atoms. The van der Waals surface area contributed by atoms with E-state index in [9.17, 15) is 10.2 Å². The summed E-state index contributed by atoms with van der Waals surface area (Å²) < 4.78 is 0. The van der Waals surface area contributed by atoms with Crippen LogP contribution in [0.25, 0.3) is 0 Å². The van der Waals surface area contributed by atoms with E-state index in [0.717, 1.165) is 42.9 Å². The minimum atomic E-state index is -0.0640. The highest BCUT2D eigenvalue weighted by atomic mass is 16.3. The normalized spacial score (nSPS) is 58.4. The molecule has 0 aromatic carbocycles. The van der Waals surface area contributed by atoms with Crippen LogP contribution in [-0.2, 0) is 0 Å².